The molecule has 1 aromatic carbocycles. The van der Waals surface area contributed by atoms with Crippen LogP contribution in [-0.4, -0.2) is 9.85 Å². The number of terminal acetylenes is 1. The molecule has 0 spiro atoms. The summed E-state index contributed by atoms with van der Waals surface area (Å²) in [6.07, 6.45) is 5.09. The lowest BCUT2D eigenvalue weighted by Gasteiger charge is -2.00. The van der Waals surface area contributed by atoms with Crippen LogP contribution < -0.4 is 0 Å². The Labute approximate surface area is 84.8 Å². The van der Waals surface area contributed by atoms with Crippen molar-refractivity contribution in [3.8, 4) is 12.3 Å². The molecule has 0 N–H and O–H groups in total. The maximum Gasteiger partial charge on any atom is 0.280 e. The van der Waals surface area contributed by atoms with Crippen molar-refractivity contribution in [2.45, 2.75) is 6.92 Å². The Bertz CT molecular complexity index is 488. The van der Waals surface area contributed by atoms with E-state index >= 15 is 0 Å². The predicted molar refractivity (Wildman–Crippen MR) is 52.4 cm³/mol. The highest BCUT2D eigenvalue weighted by Crippen LogP contribution is 2.27. The van der Waals surface area contributed by atoms with Gasteiger partial charge in [-0.3, -0.25) is 20.2 Å². The Kier molecular flexibility index (Phi) is 2.67. The largest absolute Gasteiger partial charge is 0.280 e. The van der Waals surface area contributed by atoms with Gasteiger partial charge in [0.1, 0.15) is 0 Å². The fourth-order valence-electron chi connectivity index (χ4n) is 1.13. The standard InChI is InChI=1S/C9H6N2O4/c1-3-7-4-8(10(12)13)5-9(6(7)2)11(14)15/h1,4-5H,2H3. The minimum atomic E-state index is -0.715. The molecule has 0 heterocycles. The van der Waals surface area contributed by atoms with Crippen LogP contribution in [-0.2, 0) is 0 Å². The van der Waals surface area contributed by atoms with E-state index in [0.29, 0.717) is 0 Å². The highest BCUT2D eigenvalue weighted by atomic mass is 16.6. The van der Waals surface area contributed by atoms with Gasteiger partial charge < -0.3 is 0 Å². The first-order valence-corrected chi connectivity index (χ1v) is 3.87. The van der Waals surface area contributed by atoms with Crippen molar-refractivity contribution in [3.63, 3.8) is 0 Å². The van der Waals surface area contributed by atoms with Crippen LogP contribution in [0.2, 0.25) is 0 Å². The molecule has 0 bridgehead atoms. The maximum atomic E-state index is 10.6. The summed E-state index contributed by atoms with van der Waals surface area (Å²) in [6, 6.07) is 2.04. The van der Waals surface area contributed by atoms with E-state index in [2.05, 4.69) is 5.92 Å². The summed E-state index contributed by atoms with van der Waals surface area (Å²) >= 11 is 0. The highest BCUT2D eigenvalue weighted by molar-refractivity contribution is 5.57. The van der Waals surface area contributed by atoms with Crippen molar-refractivity contribution >= 4 is 11.4 Å². The van der Waals surface area contributed by atoms with Gasteiger partial charge in [-0.25, -0.2) is 0 Å². The Hall–Kier alpha value is -2.42. The summed E-state index contributed by atoms with van der Waals surface area (Å²) in [5.74, 6) is 2.18. The number of non-ortho nitro benzene ring substituents is 1. The van der Waals surface area contributed by atoms with Crippen LogP contribution in [0.25, 0.3) is 0 Å². The molecule has 0 amide bonds. The summed E-state index contributed by atoms with van der Waals surface area (Å²) < 4.78 is 0. The number of benzene rings is 1. The first kappa shape index (κ1) is 10.7. The van der Waals surface area contributed by atoms with E-state index in [4.69, 9.17) is 6.42 Å². The van der Waals surface area contributed by atoms with Gasteiger partial charge in [0, 0.05) is 17.2 Å². The second-order valence-electron chi connectivity index (χ2n) is 2.80. The van der Waals surface area contributed by atoms with Crippen molar-refractivity contribution in [1.82, 2.24) is 0 Å². The van der Waals surface area contributed by atoms with Crippen LogP contribution in [0.15, 0.2) is 12.1 Å². The second kappa shape index (κ2) is 3.75. The molecule has 0 atom stereocenters. The fraction of sp³-hybridized carbons (Fsp3) is 0.111. The summed E-state index contributed by atoms with van der Waals surface area (Å²) in [6.45, 7) is 1.46. The van der Waals surface area contributed by atoms with Crippen molar-refractivity contribution < 1.29 is 9.85 Å². The lowest BCUT2D eigenvalue weighted by molar-refractivity contribution is -0.394. The van der Waals surface area contributed by atoms with Crippen molar-refractivity contribution in [3.05, 3.63) is 43.5 Å². The topological polar surface area (TPSA) is 86.3 Å². The molecular formula is C9H6N2O4. The highest BCUT2D eigenvalue weighted by Gasteiger charge is 2.20. The SMILES string of the molecule is C#Cc1cc([N+](=O)[O-])cc([N+](=O)[O-])c1C. The van der Waals surface area contributed by atoms with E-state index < -0.39 is 9.85 Å². The van der Waals surface area contributed by atoms with Crippen LogP contribution in [0.1, 0.15) is 11.1 Å². The third-order valence-electron chi connectivity index (χ3n) is 1.93. The zero-order valence-corrected chi connectivity index (χ0v) is 7.76. The smallest absolute Gasteiger partial charge is 0.258 e. The zero-order valence-electron chi connectivity index (χ0n) is 7.76. The van der Waals surface area contributed by atoms with Crippen LogP contribution in [0.4, 0.5) is 11.4 Å². The van der Waals surface area contributed by atoms with Gasteiger partial charge in [-0.2, -0.15) is 0 Å². The number of hydrogen-bond acceptors (Lipinski definition) is 4. The number of hydrogen-bond donors (Lipinski definition) is 0. The van der Waals surface area contributed by atoms with Gasteiger partial charge in [-0.05, 0) is 6.92 Å². The van der Waals surface area contributed by atoms with E-state index in [1.165, 1.54) is 6.92 Å². The van der Waals surface area contributed by atoms with Crippen LogP contribution in [0.3, 0.4) is 0 Å². The molecule has 1 aromatic rings. The third-order valence-corrected chi connectivity index (χ3v) is 1.93. The number of nitro benzene ring substituents is 2. The average Bonchev–Trinajstić information content (AvgIpc) is 2.17. The molecule has 6 heteroatoms. The normalized spacial score (nSPS) is 9.33. The molecule has 0 aliphatic rings. The van der Waals surface area contributed by atoms with Gasteiger partial charge >= 0.3 is 0 Å². The molecule has 6 nitrogen and oxygen atoms in total. The lowest BCUT2D eigenvalue weighted by Crippen LogP contribution is -1.97. The van der Waals surface area contributed by atoms with Gasteiger partial charge in [0.25, 0.3) is 11.4 Å². The first-order valence-electron chi connectivity index (χ1n) is 3.87. The number of rotatable bonds is 2. The van der Waals surface area contributed by atoms with Gasteiger partial charge in [-0.15, -0.1) is 6.42 Å². The van der Waals surface area contributed by atoms with Gasteiger partial charge in [-0.1, -0.05) is 5.92 Å². The van der Waals surface area contributed by atoms with Gasteiger partial charge in [0.15, 0.2) is 0 Å². The van der Waals surface area contributed by atoms with E-state index in [0.717, 1.165) is 12.1 Å². The molecule has 15 heavy (non-hydrogen) atoms. The lowest BCUT2D eigenvalue weighted by atomic mass is 10.1. The van der Waals surface area contributed by atoms with E-state index in [1.54, 1.807) is 0 Å². The maximum absolute atomic E-state index is 10.6. The van der Waals surface area contributed by atoms with Gasteiger partial charge in [0.05, 0.1) is 15.9 Å². The van der Waals surface area contributed by atoms with Crippen LogP contribution in [0.5, 0.6) is 0 Å². The monoisotopic (exact) mass is 206 g/mol. The Morgan fingerprint density at radius 3 is 2.27 bits per heavy atom. The summed E-state index contributed by atoms with van der Waals surface area (Å²) in [5, 5.41) is 21.0. The number of nitro groups is 2. The molecule has 0 radical (unpaired) electrons. The summed E-state index contributed by atoms with van der Waals surface area (Å²) in [4.78, 5) is 19.6. The Balaban J connectivity index is 3.54. The van der Waals surface area contributed by atoms with E-state index in [1.807, 2.05) is 0 Å². The average molecular weight is 206 g/mol. The minimum Gasteiger partial charge on any atom is -0.258 e. The first-order chi connectivity index (χ1) is 6.97. The van der Waals surface area contributed by atoms with Crippen molar-refractivity contribution in [2.24, 2.45) is 0 Å². The Morgan fingerprint density at radius 2 is 1.87 bits per heavy atom. The molecule has 0 fully saturated rings. The van der Waals surface area contributed by atoms with Gasteiger partial charge in [0.2, 0.25) is 0 Å². The molecule has 0 aliphatic carbocycles. The third kappa shape index (κ3) is 1.91. The van der Waals surface area contributed by atoms with Crippen molar-refractivity contribution in [1.29, 1.82) is 0 Å². The molecule has 1 rings (SSSR count). The van der Waals surface area contributed by atoms with E-state index in [9.17, 15) is 20.2 Å². The molecule has 0 saturated heterocycles. The molecule has 0 saturated carbocycles. The fourth-order valence-corrected chi connectivity index (χ4v) is 1.13. The summed E-state index contributed by atoms with van der Waals surface area (Å²) in [7, 11) is 0. The molecule has 76 valence electrons. The van der Waals surface area contributed by atoms with Crippen LogP contribution in [0, 0.1) is 39.5 Å². The Morgan fingerprint density at radius 1 is 1.27 bits per heavy atom. The minimum absolute atomic E-state index is 0.163. The second-order valence-corrected chi connectivity index (χ2v) is 2.80. The quantitative estimate of drug-likeness (QED) is 0.419. The summed E-state index contributed by atoms with van der Waals surface area (Å²) in [5.41, 5.74) is -0.290. The van der Waals surface area contributed by atoms with E-state index in [-0.39, 0.29) is 22.5 Å². The molecular weight excluding hydrogens is 200 g/mol. The number of nitrogens with zero attached hydrogens (tertiary/aromatic N) is 2. The predicted octanol–water partition coefficient (Wildman–Crippen LogP) is 1.79. The zero-order chi connectivity index (χ0) is 11.6. The molecule has 0 aliphatic heterocycles. The van der Waals surface area contributed by atoms with Crippen molar-refractivity contribution in [2.75, 3.05) is 0 Å². The van der Waals surface area contributed by atoms with Crippen LogP contribution >= 0.6 is 0 Å². The molecule has 0 aromatic heterocycles. The molecule has 0 unspecified atom stereocenters.